The van der Waals surface area contributed by atoms with E-state index in [4.69, 9.17) is 4.74 Å². The molecule has 2 amide bonds. The van der Waals surface area contributed by atoms with Crippen LogP contribution in [-0.4, -0.2) is 43.0 Å². The third kappa shape index (κ3) is 7.43. The van der Waals surface area contributed by atoms with Crippen LogP contribution in [0.4, 0.5) is 11.4 Å². The van der Waals surface area contributed by atoms with Gasteiger partial charge < -0.3 is 20.3 Å². The minimum Gasteiger partial charge on any atom is -0.494 e. The zero-order valence-corrected chi connectivity index (χ0v) is 18.2. The first-order valence-corrected chi connectivity index (χ1v) is 10.7. The molecule has 0 fully saturated rings. The lowest BCUT2D eigenvalue weighted by atomic mass is 10.1. The topological polar surface area (TPSA) is 70.7 Å². The maximum Gasteiger partial charge on any atom is 0.253 e. The van der Waals surface area contributed by atoms with Gasteiger partial charge >= 0.3 is 0 Å². The standard InChI is InChI=1S/C24H33N3O3/c1-4-13-27(14-5-2)24(29)19-9-7-10-20(16-19)25-18-23(28)26-21-11-8-12-22(17-21)30-15-6-3/h7-12,16-17,25H,4-6,13-15,18H2,1-3H3,(H,26,28). The van der Waals surface area contributed by atoms with E-state index in [1.54, 1.807) is 6.07 Å². The summed E-state index contributed by atoms with van der Waals surface area (Å²) in [5, 5.41) is 5.96. The molecule has 0 aliphatic rings. The number of nitrogens with one attached hydrogen (secondary N) is 2. The molecule has 30 heavy (non-hydrogen) atoms. The van der Waals surface area contributed by atoms with Gasteiger partial charge in [-0.25, -0.2) is 0 Å². The summed E-state index contributed by atoms with van der Waals surface area (Å²) in [6.07, 6.45) is 2.78. The van der Waals surface area contributed by atoms with Gasteiger partial charge in [0.1, 0.15) is 5.75 Å². The number of rotatable bonds is 12. The lowest BCUT2D eigenvalue weighted by molar-refractivity contribution is -0.114. The fourth-order valence-corrected chi connectivity index (χ4v) is 3.07. The second-order valence-corrected chi connectivity index (χ2v) is 7.15. The van der Waals surface area contributed by atoms with Gasteiger partial charge in [-0.05, 0) is 49.6 Å². The van der Waals surface area contributed by atoms with Crippen molar-refractivity contribution in [3.63, 3.8) is 0 Å². The normalized spacial score (nSPS) is 10.4. The molecule has 162 valence electrons. The van der Waals surface area contributed by atoms with Crippen LogP contribution in [0.5, 0.6) is 5.75 Å². The molecule has 0 bridgehead atoms. The van der Waals surface area contributed by atoms with Gasteiger partial charge in [0.15, 0.2) is 0 Å². The van der Waals surface area contributed by atoms with E-state index < -0.39 is 0 Å². The van der Waals surface area contributed by atoms with Gasteiger partial charge in [-0.15, -0.1) is 0 Å². The maximum atomic E-state index is 12.8. The average Bonchev–Trinajstić information content (AvgIpc) is 2.76. The highest BCUT2D eigenvalue weighted by molar-refractivity contribution is 5.96. The summed E-state index contributed by atoms with van der Waals surface area (Å²) in [6.45, 7) is 8.41. The summed E-state index contributed by atoms with van der Waals surface area (Å²) in [7, 11) is 0. The Morgan fingerprint density at radius 2 is 1.60 bits per heavy atom. The number of ether oxygens (including phenoxy) is 1. The van der Waals surface area contributed by atoms with Crippen molar-refractivity contribution in [1.82, 2.24) is 4.90 Å². The number of benzene rings is 2. The Bertz CT molecular complexity index is 817. The van der Waals surface area contributed by atoms with Crippen LogP contribution >= 0.6 is 0 Å². The molecule has 0 aliphatic heterocycles. The summed E-state index contributed by atoms with van der Waals surface area (Å²) in [5.41, 5.74) is 2.06. The SMILES string of the molecule is CCCOc1cccc(NC(=O)CNc2cccc(C(=O)N(CCC)CCC)c2)c1. The van der Waals surface area contributed by atoms with Crippen molar-refractivity contribution in [2.24, 2.45) is 0 Å². The highest BCUT2D eigenvalue weighted by Gasteiger charge is 2.14. The van der Waals surface area contributed by atoms with E-state index in [1.165, 1.54) is 0 Å². The van der Waals surface area contributed by atoms with Crippen LogP contribution < -0.4 is 15.4 Å². The van der Waals surface area contributed by atoms with Crippen LogP contribution in [0.3, 0.4) is 0 Å². The molecule has 2 aromatic carbocycles. The summed E-state index contributed by atoms with van der Waals surface area (Å²) in [5.74, 6) is 0.589. The Morgan fingerprint density at radius 1 is 0.900 bits per heavy atom. The largest absolute Gasteiger partial charge is 0.494 e. The van der Waals surface area contributed by atoms with Crippen molar-refractivity contribution in [3.05, 3.63) is 54.1 Å². The van der Waals surface area contributed by atoms with E-state index >= 15 is 0 Å². The van der Waals surface area contributed by atoms with Gasteiger partial charge in [-0.2, -0.15) is 0 Å². The molecule has 6 nitrogen and oxygen atoms in total. The minimum absolute atomic E-state index is 0.0238. The average molecular weight is 412 g/mol. The van der Waals surface area contributed by atoms with E-state index in [9.17, 15) is 9.59 Å². The predicted octanol–water partition coefficient (Wildman–Crippen LogP) is 4.79. The molecular weight excluding hydrogens is 378 g/mol. The molecule has 0 radical (unpaired) electrons. The van der Waals surface area contributed by atoms with E-state index in [1.807, 2.05) is 54.3 Å². The fourth-order valence-electron chi connectivity index (χ4n) is 3.07. The zero-order chi connectivity index (χ0) is 21.8. The van der Waals surface area contributed by atoms with E-state index in [0.717, 1.165) is 43.8 Å². The van der Waals surface area contributed by atoms with Crippen LogP contribution in [0.15, 0.2) is 48.5 Å². The van der Waals surface area contributed by atoms with Crippen LogP contribution in [0.25, 0.3) is 0 Å². The number of carbonyl (C=O) groups is 2. The number of hydrogen-bond donors (Lipinski definition) is 2. The van der Waals surface area contributed by atoms with Crippen molar-refractivity contribution >= 4 is 23.2 Å². The fraction of sp³-hybridized carbons (Fsp3) is 0.417. The van der Waals surface area contributed by atoms with Crippen molar-refractivity contribution in [1.29, 1.82) is 0 Å². The molecule has 2 aromatic rings. The lowest BCUT2D eigenvalue weighted by Crippen LogP contribution is -2.32. The number of anilines is 2. The van der Waals surface area contributed by atoms with Gasteiger partial charge in [0.25, 0.3) is 5.91 Å². The molecule has 2 rings (SSSR count). The minimum atomic E-state index is -0.169. The number of carbonyl (C=O) groups excluding carboxylic acids is 2. The number of amides is 2. The molecule has 0 heterocycles. The molecule has 0 spiro atoms. The predicted molar refractivity (Wildman–Crippen MR) is 122 cm³/mol. The van der Waals surface area contributed by atoms with Gasteiger partial charge in [0.05, 0.1) is 13.2 Å². The Kier molecular flexibility index (Phi) is 9.71. The highest BCUT2D eigenvalue weighted by Crippen LogP contribution is 2.18. The molecule has 0 unspecified atom stereocenters. The molecule has 2 N–H and O–H groups in total. The van der Waals surface area contributed by atoms with Gasteiger partial charge in [-0.1, -0.05) is 32.9 Å². The summed E-state index contributed by atoms with van der Waals surface area (Å²) < 4.78 is 5.59. The number of nitrogens with zero attached hydrogens (tertiary/aromatic N) is 1. The molecular formula is C24H33N3O3. The first-order valence-electron chi connectivity index (χ1n) is 10.7. The molecule has 0 aromatic heterocycles. The number of hydrogen-bond acceptors (Lipinski definition) is 4. The van der Waals surface area contributed by atoms with E-state index in [2.05, 4.69) is 24.5 Å². The third-order valence-corrected chi connectivity index (χ3v) is 4.43. The molecule has 0 aliphatic carbocycles. The first-order chi connectivity index (χ1) is 14.6. The quantitative estimate of drug-likeness (QED) is 0.527. The van der Waals surface area contributed by atoms with Crippen molar-refractivity contribution in [3.8, 4) is 5.75 Å². The van der Waals surface area contributed by atoms with Gasteiger partial charge in [0.2, 0.25) is 5.91 Å². The van der Waals surface area contributed by atoms with Crippen LogP contribution in [0.1, 0.15) is 50.4 Å². The van der Waals surface area contributed by atoms with E-state index in [-0.39, 0.29) is 18.4 Å². The van der Waals surface area contributed by atoms with Crippen LogP contribution in [0, 0.1) is 0 Å². The second kappa shape index (κ2) is 12.5. The monoisotopic (exact) mass is 411 g/mol. The zero-order valence-electron chi connectivity index (χ0n) is 18.2. The molecule has 0 atom stereocenters. The first kappa shape index (κ1) is 23.3. The summed E-state index contributed by atoms with van der Waals surface area (Å²) >= 11 is 0. The second-order valence-electron chi connectivity index (χ2n) is 7.15. The van der Waals surface area contributed by atoms with Gasteiger partial charge in [-0.3, -0.25) is 9.59 Å². The maximum absolute atomic E-state index is 12.8. The van der Waals surface area contributed by atoms with Crippen LogP contribution in [0.2, 0.25) is 0 Å². The molecule has 0 saturated heterocycles. The molecule has 0 saturated carbocycles. The summed E-state index contributed by atoms with van der Waals surface area (Å²) in [4.78, 5) is 27.0. The summed E-state index contributed by atoms with van der Waals surface area (Å²) in [6, 6.07) is 14.6. The Labute approximate surface area is 179 Å². The van der Waals surface area contributed by atoms with Gasteiger partial charge in [0, 0.05) is 36.1 Å². The van der Waals surface area contributed by atoms with Crippen LogP contribution in [-0.2, 0) is 4.79 Å². The highest BCUT2D eigenvalue weighted by atomic mass is 16.5. The van der Waals surface area contributed by atoms with E-state index in [0.29, 0.717) is 17.9 Å². The van der Waals surface area contributed by atoms with Crippen molar-refractivity contribution < 1.29 is 14.3 Å². The third-order valence-electron chi connectivity index (χ3n) is 4.43. The smallest absolute Gasteiger partial charge is 0.253 e. The Morgan fingerprint density at radius 3 is 2.30 bits per heavy atom. The Hall–Kier alpha value is -3.02. The Balaban J connectivity index is 1.93. The lowest BCUT2D eigenvalue weighted by Gasteiger charge is -2.21. The van der Waals surface area contributed by atoms with Crippen molar-refractivity contribution in [2.75, 3.05) is 36.9 Å². The molecule has 6 heteroatoms. The van der Waals surface area contributed by atoms with Crippen molar-refractivity contribution in [2.45, 2.75) is 40.0 Å².